The molecule has 0 N–H and O–H groups in total. The highest BCUT2D eigenvalue weighted by Gasteiger charge is 1.97. The topological polar surface area (TPSA) is 52.4 Å². The lowest BCUT2D eigenvalue weighted by molar-refractivity contribution is -0.400. The highest BCUT2D eigenvalue weighted by atomic mass is 16.6. The Hall–Kier alpha value is -2.62. The summed E-state index contributed by atoms with van der Waals surface area (Å²) < 4.78 is 5.64. The summed E-state index contributed by atoms with van der Waals surface area (Å²) in [6.45, 7) is 0.475. The van der Waals surface area contributed by atoms with Crippen LogP contribution < -0.4 is 4.74 Å². The minimum absolute atomic E-state index is 0.475. The van der Waals surface area contributed by atoms with Crippen molar-refractivity contribution in [2.45, 2.75) is 6.61 Å². The summed E-state index contributed by atoms with van der Waals surface area (Å²) in [5.74, 6) is 0.689. The van der Waals surface area contributed by atoms with E-state index in [2.05, 4.69) is 0 Å². The molecule has 0 saturated heterocycles. The van der Waals surface area contributed by atoms with Crippen molar-refractivity contribution in [3.8, 4) is 5.75 Å². The second kappa shape index (κ2) is 6.35. The fourth-order valence-corrected chi connectivity index (χ4v) is 1.60. The Balaban J connectivity index is 2.01. The van der Waals surface area contributed by atoms with Gasteiger partial charge in [0, 0.05) is 6.08 Å². The van der Waals surface area contributed by atoms with Crippen LogP contribution in [0.4, 0.5) is 0 Å². The predicted octanol–water partition coefficient (Wildman–Crippen LogP) is 3.51. The summed E-state index contributed by atoms with van der Waals surface area (Å²) >= 11 is 0. The van der Waals surface area contributed by atoms with Crippen LogP contribution in [0.5, 0.6) is 5.75 Å². The fourth-order valence-electron chi connectivity index (χ4n) is 1.60. The summed E-state index contributed by atoms with van der Waals surface area (Å²) in [6, 6.07) is 17.0. The first kappa shape index (κ1) is 12.8. The Morgan fingerprint density at radius 2 is 1.89 bits per heavy atom. The van der Waals surface area contributed by atoms with Crippen molar-refractivity contribution in [1.29, 1.82) is 0 Å². The fraction of sp³-hybridized carbons (Fsp3) is 0.0667. The Morgan fingerprint density at radius 3 is 2.63 bits per heavy atom. The molecule has 0 aromatic heterocycles. The first-order valence-electron chi connectivity index (χ1n) is 5.82. The number of nitrogens with zero attached hydrogens (tertiary/aromatic N) is 1. The average Bonchev–Trinajstić information content (AvgIpc) is 2.44. The lowest BCUT2D eigenvalue weighted by atomic mass is 10.2. The molecule has 0 aliphatic heterocycles. The van der Waals surface area contributed by atoms with Gasteiger partial charge in [-0.25, -0.2) is 0 Å². The molecule has 0 aliphatic carbocycles. The zero-order chi connectivity index (χ0) is 13.5. The Kier molecular flexibility index (Phi) is 4.29. The van der Waals surface area contributed by atoms with Crippen LogP contribution >= 0.6 is 0 Å². The Labute approximate surface area is 111 Å². The van der Waals surface area contributed by atoms with Gasteiger partial charge in [-0.2, -0.15) is 0 Å². The van der Waals surface area contributed by atoms with Crippen LogP contribution in [-0.2, 0) is 6.61 Å². The van der Waals surface area contributed by atoms with Gasteiger partial charge in [0.2, 0.25) is 6.20 Å². The van der Waals surface area contributed by atoms with Crippen molar-refractivity contribution in [2.24, 2.45) is 0 Å². The maximum atomic E-state index is 10.3. The minimum Gasteiger partial charge on any atom is -0.489 e. The third kappa shape index (κ3) is 4.27. The van der Waals surface area contributed by atoms with Crippen molar-refractivity contribution in [1.82, 2.24) is 0 Å². The van der Waals surface area contributed by atoms with Crippen LogP contribution in [0.15, 0.2) is 60.8 Å². The van der Waals surface area contributed by atoms with Gasteiger partial charge in [-0.3, -0.25) is 10.1 Å². The number of nitro groups is 1. The van der Waals surface area contributed by atoms with Crippen LogP contribution in [0.3, 0.4) is 0 Å². The standard InChI is InChI=1S/C15H13NO3/c17-16(18)10-9-13-7-4-8-15(11-13)19-12-14-5-2-1-3-6-14/h1-11H,12H2. The molecule has 0 spiro atoms. The second-order valence-electron chi connectivity index (χ2n) is 3.95. The SMILES string of the molecule is O=[N+]([O-])C=Cc1cccc(OCc2ccccc2)c1. The van der Waals surface area contributed by atoms with Gasteiger partial charge in [0.1, 0.15) is 12.4 Å². The van der Waals surface area contributed by atoms with Gasteiger partial charge < -0.3 is 4.74 Å². The van der Waals surface area contributed by atoms with Crippen molar-refractivity contribution < 1.29 is 9.66 Å². The number of benzene rings is 2. The summed E-state index contributed by atoms with van der Waals surface area (Å²) in [5.41, 5.74) is 1.82. The zero-order valence-electron chi connectivity index (χ0n) is 10.2. The Bertz CT molecular complexity index is 579. The predicted molar refractivity (Wildman–Crippen MR) is 73.2 cm³/mol. The minimum atomic E-state index is -0.489. The smallest absolute Gasteiger partial charge is 0.235 e. The highest BCUT2D eigenvalue weighted by molar-refractivity contribution is 5.50. The van der Waals surface area contributed by atoms with Gasteiger partial charge >= 0.3 is 0 Å². The molecule has 0 amide bonds. The van der Waals surface area contributed by atoms with Crippen LogP contribution in [-0.4, -0.2) is 4.92 Å². The molecule has 2 aromatic carbocycles. The van der Waals surface area contributed by atoms with E-state index in [-0.39, 0.29) is 0 Å². The molecule has 0 fully saturated rings. The van der Waals surface area contributed by atoms with Gasteiger partial charge in [-0.1, -0.05) is 42.5 Å². The van der Waals surface area contributed by atoms with E-state index in [0.717, 1.165) is 17.3 Å². The van der Waals surface area contributed by atoms with Gasteiger partial charge in [0.15, 0.2) is 0 Å². The number of hydrogen-bond acceptors (Lipinski definition) is 3. The molecule has 0 saturated carbocycles. The molecule has 2 aromatic rings. The molecule has 0 aliphatic rings. The van der Waals surface area contributed by atoms with Crippen LogP contribution in [0.1, 0.15) is 11.1 Å². The van der Waals surface area contributed by atoms with E-state index in [1.165, 1.54) is 6.08 Å². The quantitative estimate of drug-likeness (QED) is 0.606. The largest absolute Gasteiger partial charge is 0.489 e. The third-order valence-corrected chi connectivity index (χ3v) is 2.50. The summed E-state index contributed by atoms with van der Waals surface area (Å²) in [4.78, 5) is 9.77. The third-order valence-electron chi connectivity index (χ3n) is 2.50. The van der Waals surface area contributed by atoms with Crippen LogP contribution in [0.2, 0.25) is 0 Å². The maximum absolute atomic E-state index is 10.3. The average molecular weight is 255 g/mol. The van der Waals surface area contributed by atoms with Crippen LogP contribution in [0, 0.1) is 10.1 Å². The van der Waals surface area contributed by atoms with E-state index in [1.54, 1.807) is 18.2 Å². The second-order valence-corrected chi connectivity index (χ2v) is 3.95. The van der Waals surface area contributed by atoms with E-state index in [4.69, 9.17) is 4.74 Å². The molecule has 96 valence electrons. The molecule has 19 heavy (non-hydrogen) atoms. The summed E-state index contributed by atoms with van der Waals surface area (Å²) in [7, 11) is 0. The number of hydrogen-bond donors (Lipinski definition) is 0. The highest BCUT2D eigenvalue weighted by Crippen LogP contribution is 2.16. The molecule has 0 radical (unpaired) electrons. The summed E-state index contributed by atoms with van der Waals surface area (Å²) in [5, 5.41) is 10.3. The van der Waals surface area contributed by atoms with Gasteiger partial charge in [0.05, 0.1) is 4.92 Å². The monoisotopic (exact) mass is 255 g/mol. The molecule has 4 nitrogen and oxygen atoms in total. The lowest BCUT2D eigenvalue weighted by Gasteiger charge is -2.06. The maximum Gasteiger partial charge on any atom is 0.235 e. The van der Waals surface area contributed by atoms with E-state index in [9.17, 15) is 10.1 Å². The molecule has 2 rings (SSSR count). The lowest BCUT2D eigenvalue weighted by Crippen LogP contribution is -1.95. The van der Waals surface area contributed by atoms with E-state index < -0.39 is 4.92 Å². The van der Waals surface area contributed by atoms with Crippen molar-refractivity contribution in [3.05, 3.63) is 82.0 Å². The van der Waals surface area contributed by atoms with E-state index in [1.807, 2.05) is 36.4 Å². The molecular formula is C15H13NO3. The molecule has 0 unspecified atom stereocenters. The van der Waals surface area contributed by atoms with Gasteiger partial charge in [-0.05, 0) is 23.3 Å². The molecule has 0 atom stereocenters. The van der Waals surface area contributed by atoms with Gasteiger partial charge in [-0.15, -0.1) is 0 Å². The molecule has 0 bridgehead atoms. The zero-order valence-corrected chi connectivity index (χ0v) is 10.2. The normalized spacial score (nSPS) is 10.5. The van der Waals surface area contributed by atoms with Crippen molar-refractivity contribution >= 4 is 6.08 Å². The Morgan fingerprint density at radius 1 is 1.11 bits per heavy atom. The molecule has 0 heterocycles. The first-order valence-corrected chi connectivity index (χ1v) is 5.82. The first-order chi connectivity index (χ1) is 9.24. The van der Waals surface area contributed by atoms with E-state index >= 15 is 0 Å². The number of rotatable bonds is 5. The van der Waals surface area contributed by atoms with Crippen LogP contribution in [0.25, 0.3) is 6.08 Å². The summed E-state index contributed by atoms with van der Waals surface area (Å²) in [6.07, 6.45) is 2.35. The van der Waals surface area contributed by atoms with Gasteiger partial charge in [0.25, 0.3) is 0 Å². The van der Waals surface area contributed by atoms with E-state index in [0.29, 0.717) is 12.4 Å². The molecular weight excluding hydrogens is 242 g/mol. The number of ether oxygens (including phenoxy) is 1. The van der Waals surface area contributed by atoms with Crippen molar-refractivity contribution in [2.75, 3.05) is 0 Å². The molecule has 4 heteroatoms. The van der Waals surface area contributed by atoms with Crippen molar-refractivity contribution in [3.63, 3.8) is 0 Å².